The smallest absolute Gasteiger partial charge is 0.407 e. The lowest BCUT2D eigenvalue weighted by molar-refractivity contribution is 0.0439. The molecule has 1 fully saturated rings. The summed E-state index contributed by atoms with van der Waals surface area (Å²) in [6, 6.07) is 0.194. The van der Waals surface area contributed by atoms with Gasteiger partial charge in [0.05, 0.1) is 6.10 Å². The van der Waals surface area contributed by atoms with E-state index in [0.29, 0.717) is 5.92 Å². The molecule has 0 radical (unpaired) electrons. The van der Waals surface area contributed by atoms with Crippen molar-refractivity contribution in [1.29, 1.82) is 0 Å². The van der Waals surface area contributed by atoms with Gasteiger partial charge >= 0.3 is 6.09 Å². The zero-order valence-electron chi connectivity index (χ0n) is 13.4. The van der Waals surface area contributed by atoms with Crippen LogP contribution < -0.4 is 5.32 Å². The molecular formula is C16H31NO3. The van der Waals surface area contributed by atoms with E-state index >= 15 is 0 Å². The van der Waals surface area contributed by atoms with Gasteiger partial charge in [0, 0.05) is 6.04 Å². The predicted octanol–water partition coefficient (Wildman–Crippen LogP) is 3.62. The molecule has 1 amide bonds. The van der Waals surface area contributed by atoms with E-state index in [-0.39, 0.29) is 18.2 Å². The standard InChI is InChI=1S/C16H31NO3/c1-5-6-7-14(18)12-8-10-13(11-9-12)17-15(19)20-16(2,3)4/h12-14,18H,5-11H2,1-4H3,(H,17,19)/t12-,13-,14?. The molecule has 0 aromatic rings. The predicted molar refractivity (Wildman–Crippen MR) is 80.6 cm³/mol. The van der Waals surface area contributed by atoms with Crippen molar-refractivity contribution in [1.82, 2.24) is 5.32 Å². The van der Waals surface area contributed by atoms with Gasteiger partial charge in [-0.25, -0.2) is 4.79 Å². The Balaban J connectivity index is 2.26. The maximum atomic E-state index is 11.7. The number of carbonyl (C=O) groups is 1. The largest absolute Gasteiger partial charge is 0.444 e. The van der Waals surface area contributed by atoms with E-state index in [1.807, 2.05) is 20.8 Å². The highest BCUT2D eigenvalue weighted by molar-refractivity contribution is 5.68. The summed E-state index contributed by atoms with van der Waals surface area (Å²) in [6.07, 6.45) is 6.50. The number of aliphatic hydroxyl groups excluding tert-OH is 1. The lowest BCUT2D eigenvalue weighted by atomic mass is 9.81. The normalized spacial score (nSPS) is 25.1. The Morgan fingerprint density at radius 1 is 1.30 bits per heavy atom. The molecule has 1 aliphatic carbocycles. The maximum Gasteiger partial charge on any atom is 0.407 e. The average molecular weight is 285 g/mol. The van der Waals surface area contributed by atoms with Crippen LogP contribution in [0.15, 0.2) is 0 Å². The SMILES string of the molecule is CCCCC(O)[C@H]1CC[C@H](NC(=O)OC(C)(C)C)CC1. The summed E-state index contributed by atoms with van der Waals surface area (Å²) in [7, 11) is 0. The molecule has 4 heteroatoms. The fourth-order valence-electron chi connectivity index (χ4n) is 2.77. The van der Waals surface area contributed by atoms with Crippen LogP contribution in [-0.4, -0.2) is 28.9 Å². The molecule has 0 heterocycles. The molecule has 20 heavy (non-hydrogen) atoms. The zero-order valence-corrected chi connectivity index (χ0v) is 13.4. The van der Waals surface area contributed by atoms with E-state index in [1.54, 1.807) is 0 Å². The quantitative estimate of drug-likeness (QED) is 0.811. The first-order valence-electron chi connectivity index (χ1n) is 7.99. The van der Waals surface area contributed by atoms with Gasteiger partial charge in [-0.15, -0.1) is 0 Å². The fourth-order valence-corrected chi connectivity index (χ4v) is 2.77. The van der Waals surface area contributed by atoms with Crippen molar-refractivity contribution >= 4 is 6.09 Å². The molecule has 1 unspecified atom stereocenters. The molecule has 4 nitrogen and oxygen atoms in total. The number of nitrogens with one attached hydrogen (secondary N) is 1. The Morgan fingerprint density at radius 2 is 1.90 bits per heavy atom. The molecule has 1 saturated carbocycles. The Morgan fingerprint density at radius 3 is 2.40 bits per heavy atom. The highest BCUT2D eigenvalue weighted by atomic mass is 16.6. The topological polar surface area (TPSA) is 58.6 Å². The van der Waals surface area contributed by atoms with Crippen LogP contribution in [0, 0.1) is 5.92 Å². The molecule has 0 aromatic carbocycles. The van der Waals surface area contributed by atoms with Crippen LogP contribution in [0.3, 0.4) is 0 Å². The number of alkyl carbamates (subject to hydrolysis) is 1. The molecule has 118 valence electrons. The van der Waals surface area contributed by atoms with E-state index in [2.05, 4.69) is 12.2 Å². The third kappa shape index (κ3) is 6.60. The maximum absolute atomic E-state index is 11.7. The van der Waals surface area contributed by atoms with E-state index in [0.717, 1.165) is 44.9 Å². The monoisotopic (exact) mass is 285 g/mol. The van der Waals surface area contributed by atoms with Crippen molar-refractivity contribution in [3.05, 3.63) is 0 Å². The molecule has 1 rings (SSSR count). The minimum absolute atomic E-state index is 0.169. The van der Waals surface area contributed by atoms with E-state index in [9.17, 15) is 9.90 Å². The van der Waals surface area contributed by atoms with Gasteiger partial charge in [-0.05, 0) is 58.8 Å². The molecule has 0 aliphatic heterocycles. The van der Waals surface area contributed by atoms with Crippen LogP contribution >= 0.6 is 0 Å². The Kier molecular flexibility index (Phi) is 6.80. The van der Waals surface area contributed by atoms with Crippen molar-refractivity contribution in [3.63, 3.8) is 0 Å². The number of unbranched alkanes of at least 4 members (excludes halogenated alkanes) is 1. The lowest BCUT2D eigenvalue weighted by Gasteiger charge is -2.32. The van der Waals surface area contributed by atoms with Gasteiger partial charge in [0.25, 0.3) is 0 Å². The number of aliphatic hydroxyl groups is 1. The van der Waals surface area contributed by atoms with Crippen LogP contribution in [0.5, 0.6) is 0 Å². The molecule has 0 saturated heterocycles. The van der Waals surface area contributed by atoms with Gasteiger partial charge in [-0.2, -0.15) is 0 Å². The first-order valence-corrected chi connectivity index (χ1v) is 7.99. The van der Waals surface area contributed by atoms with Gasteiger partial charge in [-0.3, -0.25) is 0 Å². The first-order chi connectivity index (χ1) is 9.31. The minimum Gasteiger partial charge on any atom is -0.444 e. The summed E-state index contributed by atoms with van der Waals surface area (Å²) in [6.45, 7) is 7.75. The van der Waals surface area contributed by atoms with Crippen molar-refractivity contribution in [2.45, 2.75) is 90.4 Å². The van der Waals surface area contributed by atoms with Gasteiger partial charge in [0.15, 0.2) is 0 Å². The Bertz CT molecular complexity index is 291. The first kappa shape index (κ1) is 17.3. The van der Waals surface area contributed by atoms with Gasteiger partial charge in [-0.1, -0.05) is 19.8 Å². The molecule has 1 aliphatic rings. The highest BCUT2D eigenvalue weighted by Crippen LogP contribution is 2.29. The molecule has 2 N–H and O–H groups in total. The molecule has 0 bridgehead atoms. The Labute approximate surface area is 123 Å². The number of ether oxygens (including phenoxy) is 1. The van der Waals surface area contributed by atoms with E-state index in [4.69, 9.17) is 4.74 Å². The van der Waals surface area contributed by atoms with Crippen LogP contribution in [0.1, 0.15) is 72.6 Å². The van der Waals surface area contributed by atoms with E-state index < -0.39 is 5.60 Å². The molecule has 1 atom stereocenters. The van der Waals surface area contributed by atoms with Crippen molar-refractivity contribution < 1.29 is 14.6 Å². The summed E-state index contributed by atoms with van der Waals surface area (Å²) in [5.41, 5.74) is -0.447. The van der Waals surface area contributed by atoms with E-state index in [1.165, 1.54) is 0 Å². The lowest BCUT2D eigenvalue weighted by Crippen LogP contribution is -2.42. The zero-order chi connectivity index (χ0) is 15.2. The number of amides is 1. The number of rotatable bonds is 5. The second-order valence-corrected chi connectivity index (χ2v) is 6.97. The number of carbonyl (C=O) groups excluding carboxylic acids is 1. The van der Waals surface area contributed by atoms with Gasteiger partial charge < -0.3 is 15.2 Å². The Hall–Kier alpha value is -0.770. The van der Waals surface area contributed by atoms with Crippen LogP contribution in [0.25, 0.3) is 0 Å². The third-order valence-corrected chi connectivity index (χ3v) is 3.89. The summed E-state index contributed by atoms with van der Waals surface area (Å²) < 4.78 is 5.27. The van der Waals surface area contributed by atoms with Gasteiger partial charge in [0.1, 0.15) is 5.60 Å². The summed E-state index contributed by atoms with van der Waals surface area (Å²) in [5, 5.41) is 13.0. The van der Waals surface area contributed by atoms with Crippen LogP contribution in [0.2, 0.25) is 0 Å². The molecular weight excluding hydrogens is 254 g/mol. The van der Waals surface area contributed by atoms with Gasteiger partial charge in [0.2, 0.25) is 0 Å². The minimum atomic E-state index is -0.447. The van der Waals surface area contributed by atoms with Crippen molar-refractivity contribution in [2.75, 3.05) is 0 Å². The number of hydrogen-bond acceptors (Lipinski definition) is 3. The summed E-state index contributed by atoms with van der Waals surface area (Å²) in [4.78, 5) is 11.7. The summed E-state index contributed by atoms with van der Waals surface area (Å²) in [5.74, 6) is 0.401. The average Bonchev–Trinajstić information content (AvgIpc) is 2.34. The third-order valence-electron chi connectivity index (χ3n) is 3.89. The second-order valence-electron chi connectivity index (χ2n) is 6.97. The molecule has 0 spiro atoms. The van der Waals surface area contributed by atoms with Crippen LogP contribution in [-0.2, 0) is 4.74 Å². The number of hydrogen-bond donors (Lipinski definition) is 2. The fraction of sp³-hybridized carbons (Fsp3) is 0.938. The molecule has 0 aromatic heterocycles. The second kappa shape index (κ2) is 7.87. The van der Waals surface area contributed by atoms with Crippen LogP contribution in [0.4, 0.5) is 4.79 Å². The van der Waals surface area contributed by atoms with Crippen molar-refractivity contribution in [3.8, 4) is 0 Å². The highest BCUT2D eigenvalue weighted by Gasteiger charge is 2.27. The van der Waals surface area contributed by atoms with Crippen molar-refractivity contribution in [2.24, 2.45) is 5.92 Å². The summed E-state index contributed by atoms with van der Waals surface area (Å²) >= 11 is 0.